The molecule has 0 atom stereocenters. The Bertz CT molecular complexity index is 3750. The van der Waals surface area contributed by atoms with Crippen LogP contribution in [0.2, 0.25) is 0 Å². The molecule has 2 nitrogen and oxygen atoms in total. The monoisotopic (exact) mass is 852 g/mol. The Morgan fingerprint density at radius 2 is 0.866 bits per heavy atom. The number of benzene rings is 11. The Hall–Kier alpha value is -8.72. The summed E-state index contributed by atoms with van der Waals surface area (Å²) in [5, 5.41) is 4.93. The fourth-order valence-corrected chi connectivity index (χ4v) is 11.1. The van der Waals surface area contributed by atoms with E-state index in [-0.39, 0.29) is 0 Å². The zero-order valence-electron chi connectivity index (χ0n) is 36.8. The second-order valence-electron chi connectivity index (χ2n) is 17.6. The Morgan fingerprint density at radius 1 is 0.313 bits per heavy atom. The molecule has 0 fully saturated rings. The van der Waals surface area contributed by atoms with Crippen LogP contribution < -0.4 is 4.90 Å². The van der Waals surface area contributed by atoms with E-state index in [1.54, 1.807) is 0 Å². The van der Waals surface area contributed by atoms with Gasteiger partial charge in [0, 0.05) is 33.2 Å². The molecule has 1 heterocycles. The minimum Gasteiger partial charge on any atom is -0.310 e. The predicted molar refractivity (Wildman–Crippen MR) is 281 cm³/mol. The number of para-hydroxylation sites is 2. The first kappa shape index (κ1) is 38.7. The topological polar surface area (TPSA) is 8.17 Å². The van der Waals surface area contributed by atoms with Gasteiger partial charge in [0.2, 0.25) is 0 Å². The molecule has 2 heteroatoms. The maximum atomic E-state index is 2.47. The first-order chi connectivity index (χ1) is 33.2. The number of anilines is 3. The average Bonchev–Trinajstić information content (AvgIpc) is 3.90. The molecule has 1 aliphatic rings. The highest BCUT2D eigenvalue weighted by Gasteiger charge is 2.46. The lowest BCUT2D eigenvalue weighted by Crippen LogP contribution is -2.28. The molecule has 67 heavy (non-hydrogen) atoms. The number of hydrogen-bond acceptors (Lipinski definition) is 1. The molecule has 0 amide bonds. The maximum absolute atomic E-state index is 2.47. The summed E-state index contributed by atoms with van der Waals surface area (Å²) in [7, 11) is 0. The van der Waals surface area contributed by atoms with Crippen molar-refractivity contribution in [2.45, 2.75) is 5.41 Å². The quantitative estimate of drug-likeness (QED) is 0.148. The predicted octanol–water partition coefficient (Wildman–Crippen LogP) is 17.1. The lowest BCUT2D eigenvalue weighted by atomic mass is 9.68. The molecule has 0 saturated carbocycles. The standard InChI is InChI=1S/C65H44N2/c1-4-21-50(22-5-1)65(51-23-6-2-7-24-51)60-31-14-12-29-56(60)59-44-54(39-41-61(59)65)67-63-32-15-13-30-57(63)58-40-38-49(43-64(58)67)46-36-34-45(35-37-46)48-20-16-27-53(42-48)66(52-25-8-3-9-26-52)62-33-17-19-47-18-10-11-28-55(47)62/h1-44H. The van der Waals surface area contributed by atoms with Gasteiger partial charge in [-0.3, -0.25) is 0 Å². The zero-order valence-corrected chi connectivity index (χ0v) is 36.8. The molecule has 12 aromatic rings. The summed E-state index contributed by atoms with van der Waals surface area (Å²) in [5.41, 5.74) is 18.9. The van der Waals surface area contributed by atoms with E-state index in [1.807, 2.05) is 0 Å². The van der Waals surface area contributed by atoms with Crippen LogP contribution in [0.15, 0.2) is 267 Å². The van der Waals surface area contributed by atoms with Crippen molar-refractivity contribution in [1.82, 2.24) is 4.57 Å². The molecule has 0 unspecified atom stereocenters. The lowest BCUT2D eigenvalue weighted by molar-refractivity contribution is 0.768. The van der Waals surface area contributed by atoms with Gasteiger partial charge in [-0.15, -0.1) is 0 Å². The molecule has 1 aliphatic carbocycles. The zero-order chi connectivity index (χ0) is 44.3. The summed E-state index contributed by atoms with van der Waals surface area (Å²) in [6, 6.07) is 97.9. The minimum atomic E-state index is -0.438. The van der Waals surface area contributed by atoms with E-state index in [4.69, 9.17) is 0 Å². The molecule has 0 spiro atoms. The highest BCUT2D eigenvalue weighted by Crippen LogP contribution is 2.56. The number of aromatic nitrogens is 1. The molecule has 314 valence electrons. The Morgan fingerprint density at radius 3 is 1.63 bits per heavy atom. The van der Waals surface area contributed by atoms with Crippen molar-refractivity contribution in [3.63, 3.8) is 0 Å². The lowest BCUT2D eigenvalue weighted by Gasteiger charge is -2.33. The van der Waals surface area contributed by atoms with Gasteiger partial charge in [-0.05, 0) is 116 Å². The molecular weight excluding hydrogens is 809 g/mol. The van der Waals surface area contributed by atoms with Gasteiger partial charge in [0.25, 0.3) is 0 Å². The van der Waals surface area contributed by atoms with Crippen LogP contribution in [-0.2, 0) is 5.41 Å². The van der Waals surface area contributed by atoms with E-state index in [1.165, 1.54) is 88.2 Å². The number of nitrogens with zero attached hydrogens (tertiary/aromatic N) is 2. The Balaban J connectivity index is 0.906. The van der Waals surface area contributed by atoms with Crippen LogP contribution >= 0.6 is 0 Å². The van der Waals surface area contributed by atoms with Gasteiger partial charge in [-0.1, -0.05) is 212 Å². The van der Waals surface area contributed by atoms with E-state index in [9.17, 15) is 0 Å². The molecule has 0 N–H and O–H groups in total. The van der Waals surface area contributed by atoms with Gasteiger partial charge in [0.15, 0.2) is 0 Å². The van der Waals surface area contributed by atoms with Crippen LogP contribution in [-0.4, -0.2) is 4.57 Å². The number of rotatable bonds is 8. The van der Waals surface area contributed by atoms with Crippen molar-refractivity contribution in [3.8, 4) is 39.1 Å². The van der Waals surface area contributed by atoms with Crippen LogP contribution in [0.1, 0.15) is 22.3 Å². The normalized spacial score (nSPS) is 12.6. The average molecular weight is 853 g/mol. The summed E-state index contributed by atoms with van der Waals surface area (Å²) in [6.45, 7) is 0. The van der Waals surface area contributed by atoms with Crippen LogP contribution in [0.5, 0.6) is 0 Å². The highest BCUT2D eigenvalue weighted by molar-refractivity contribution is 6.10. The smallest absolute Gasteiger partial charge is 0.0713 e. The van der Waals surface area contributed by atoms with Gasteiger partial charge in [-0.2, -0.15) is 0 Å². The SMILES string of the molecule is c1ccc(N(c2cccc(-c3ccc(-c4ccc5c6ccccc6n(-c6ccc7c(c6)-c6ccccc6C7(c6ccccc6)c6ccccc6)c5c4)cc3)c2)c2cccc3ccccc23)cc1. The summed E-state index contributed by atoms with van der Waals surface area (Å²) in [5.74, 6) is 0. The molecule has 1 aromatic heterocycles. The van der Waals surface area contributed by atoms with Crippen molar-refractivity contribution >= 4 is 49.6 Å². The van der Waals surface area contributed by atoms with Gasteiger partial charge in [0.1, 0.15) is 0 Å². The van der Waals surface area contributed by atoms with Gasteiger partial charge < -0.3 is 9.47 Å². The van der Waals surface area contributed by atoms with Gasteiger partial charge >= 0.3 is 0 Å². The van der Waals surface area contributed by atoms with E-state index >= 15 is 0 Å². The Kier molecular flexibility index (Phi) is 9.11. The highest BCUT2D eigenvalue weighted by atomic mass is 15.1. The van der Waals surface area contributed by atoms with Crippen LogP contribution in [0.4, 0.5) is 17.1 Å². The molecule has 0 aliphatic heterocycles. The second kappa shape index (κ2) is 15.8. The number of fused-ring (bicyclic) bond motifs is 7. The van der Waals surface area contributed by atoms with Crippen LogP contribution in [0.3, 0.4) is 0 Å². The maximum Gasteiger partial charge on any atom is 0.0713 e. The van der Waals surface area contributed by atoms with E-state index < -0.39 is 5.41 Å². The van der Waals surface area contributed by atoms with Gasteiger partial charge in [0.05, 0.1) is 22.1 Å². The van der Waals surface area contributed by atoms with Crippen LogP contribution in [0.25, 0.3) is 71.6 Å². The molecule has 13 rings (SSSR count). The van der Waals surface area contributed by atoms with Crippen molar-refractivity contribution in [3.05, 3.63) is 289 Å². The first-order valence-electron chi connectivity index (χ1n) is 23.2. The second-order valence-corrected chi connectivity index (χ2v) is 17.6. The molecule has 0 radical (unpaired) electrons. The number of hydrogen-bond donors (Lipinski definition) is 0. The summed E-state index contributed by atoms with van der Waals surface area (Å²) in [4.78, 5) is 2.37. The van der Waals surface area contributed by atoms with Crippen molar-refractivity contribution in [1.29, 1.82) is 0 Å². The van der Waals surface area contributed by atoms with E-state index in [0.29, 0.717) is 0 Å². The fourth-order valence-electron chi connectivity index (χ4n) is 11.1. The van der Waals surface area contributed by atoms with Gasteiger partial charge in [-0.25, -0.2) is 0 Å². The summed E-state index contributed by atoms with van der Waals surface area (Å²) >= 11 is 0. The third-order valence-electron chi connectivity index (χ3n) is 14.1. The summed E-state index contributed by atoms with van der Waals surface area (Å²) in [6.07, 6.45) is 0. The van der Waals surface area contributed by atoms with Crippen molar-refractivity contribution in [2.75, 3.05) is 4.90 Å². The molecule has 11 aromatic carbocycles. The first-order valence-corrected chi connectivity index (χ1v) is 23.2. The molecule has 0 bridgehead atoms. The Labute approximate surface area is 390 Å². The van der Waals surface area contributed by atoms with E-state index in [0.717, 1.165) is 22.7 Å². The third-order valence-corrected chi connectivity index (χ3v) is 14.1. The van der Waals surface area contributed by atoms with E-state index in [2.05, 4.69) is 276 Å². The fraction of sp³-hybridized carbons (Fsp3) is 0.0154. The minimum absolute atomic E-state index is 0.438. The third kappa shape index (κ3) is 6.18. The van der Waals surface area contributed by atoms with Crippen molar-refractivity contribution in [2.24, 2.45) is 0 Å². The molecular formula is C65H44N2. The van der Waals surface area contributed by atoms with Crippen molar-refractivity contribution < 1.29 is 0 Å². The largest absolute Gasteiger partial charge is 0.310 e. The molecule has 0 saturated heterocycles. The summed E-state index contributed by atoms with van der Waals surface area (Å²) < 4.78 is 2.47. The van der Waals surface area contributed by atoms with Crippen LogP contribution in [0, 0.1) is 0 Å².